The summed E-state index contributed by atoms with van der Waals surface area (Å²) in [4.78, 5) is 12.5. The molecule has 0 bridgehead atoms. The molecule has 0 saturated carbocycles. The number of fused-ring (bicyclic) bond motifs is 1. The molecule has 1 aliphatic heterocycles. The second-order valence-corrected chi connectivity index (χ2v) is 3.24. The number of hydrogen-bond acceptors (Lipinski definition) is 2. The number of benzene rings is 1. The van der Waals surface area contributed by atoms with Crippen LogP contribution in [-0.4, -0.2) is 24.2 Å². The highest BCUT2D eigenvalue weighted by atomic mass is 35.5. The Balaban J connectivity index is 0.00000112. The Hall–Kier alpha value is -1.48. The number of carboxylic acids is 1. The Morgan fingerprint density at radius 2 is 2.13 bits per heavy atom. The third kappa shape index (κ3) is 2.50. The summed E-state index contributed by atoms with van der Waals surface area (Å²) in [6.07, 6.45) is 4.00. The van der Waals surface area contributed by atoms with Crippen molar-refractivity contribution >= 4 is 30.1 Å². The van der Waals surface area contributed by atoms with E-state index < -0.39 is 5.97 Å². The number of para-hydroxylation sites is 1. The fraction of sp³-hybridized carbons (Fsp3) is 0.182. The van der Waals surface area contributed by atoms with E-state index in [9.17, 15) is 4.79 Å². The molecule has 0 spiro atoms. The van der Waals surface area contributed by atoms with Crippen LogP contribution in [0.3, 0.4) is 0 Å². The van der Waals surface area contributed by atoms with Gasteiger partial charge in [-0.3, -0.25) is 4.79 Å². The van der Waals surface area contributed by atoms with Crippen molar-refractivity contribution in [2.45, 2.75) is 0 Å². The van der Waals surface area contributed by atoms with Crippen LogP contribution in [0.25, 0.3) is 6.08 Å². The van der Waals surface area contributed by atoms with Crippen molar-refractivity contribution in [3.05, 3.63) is 35.9 Å². The Labute approximate surface area is 94.4 Å². The van der Waals surface area contributed by atoms with Gasteiger partial charge in [-0.15, -0.1) is 12.4 Å². The standard InChI is InChI=1S/C11H11NO2.ClH/c13-11(14)8-12-7-3-5-9-4-1-2-6-10(9)12;/h1-6H,7-8H2,(H,13,14);1H. The van der Waals surface area contributed by atoms with Gasteiger partial charge >= 0.3 is 5.97 Å². The van der Waals surface area contributed by atoms with Crippen LogP contribution in [0.4, 0.5) is 5.69 Å². The molecule has 0 aromatic heterocycles. The van der Waals surface area contributed by atoms with Crippen molar-refractivity contribution < 1.29 is 9.90 Å². The van der Waals surface area contributed by atoms with Gasteiger partial charge in [0.15, 0.2) is 0 Å². The molecule has 4 heteroatoms. The zero-order chi connectivity index (χ0) is 9.97. The van der Waals surface area contributed by atoms with Gasteiger partial charge in [-0.2, -0.15) is 0 Å². The predicted octanol–water partition coefficient (Wildman–Crippen LogP) is 2.03. The average molecular weight is 226 g/mol. The maximum absolute atomic E-state index is 10.6. The Morgan fingerprint density at radius 1 is 1.40 bits per heavy atom. The van der Waals surface area contributed by atoms with Crippen molar-refractivity contribution in [1.29, 1.82) is 0 Å². The molecule has 80 valence electrons. The summed E-state index contributed by atoms with van der Waals surface area (Å²) in [6.45, 7) is 0.727. The number of anilines is 1. The topological polar surface area (TPSA) is 40.5 Å². The monoisotopic (exact) mass is 225 g/mol. The van der Waals surface area contributed by atoms with E-state index in [0.717, 1.165) is 11.3 Å². The quantitative estimate of drug-likeness (QED) is 0.837. The molecule has 0 aliphatic carbocycles. The van der Waals surface area contributed by atoms with E-state index in [1.54, 1.807) is 0 Å². The summed E-state index contributed by atoms with van der Waals surface area (Å²) in [5.74, 6) is -0.796. The lowest BCUT2D eigenvalue weighted by Crippen LogP contribution is -2.31. The number of carboxylic acid groups (broad SMARTS) is 1. The lowest BCUT2D eigenvalue weighted by molar-refractivity contribution is -0.135. The van der Waals surface area contributed by atoms with E-state index in [-0.39, 0.29) is 19.0 Å². The number of halogens is 1. The first kappa shape index (κ1) is 11.6. The Morgan fingerprint density at radius 3 is 2.87 bits per heavy atom. The van der Waals surface area contributed by atoms with E-state index >= 15 is 0 Å². The number of carbonyl (C=O) groups is 1. The molecule has 0 radical (unpaired) electrons. The summed E-state index contributed by atoms with van der Waals surface area (Å²) in [7, 11) is 0. The van der Waals surface area contributed by atoms with E-state index in [4.69, 9.17) is 5.11 Å². The second-order valence-electron chi connectivity index (χ2n) is 3.24. The molecule has 0 atom stereocenters. The summed E-state index contributed by atoms with van der Waals surface area (Å²) in [5, 5.41) is 8.73. The molecule has 0 unspecified atom stereocenters. The second kappa shape index (κ2) is 4.84. The highest BCUT2D eigenvalue weighted by molar-refractivity contribution is 5.85. The molecule has 1 heterocycles. The fourth-order valence-electron chi connectivity index (χ4n) is 1.63. The van der Waals surface area contributed by atoms with E-state index in [1.807, 2.05) is 41.3 Å². The highest BCUT2D eigenvalue weighted by Crippen LogP contribution is 2.24. The molecule has 15 heavy (non-hydrogen) atoms. The molecule has 1 aromatic rings. The number of hydrogen-bond donors (Lipinski definition) is 1. The maximum Gasteiger partial charge on any atom is 0.323 e. The van der Waals surface area contributed by atoms with Gasteiger partial charge in [-0.1, -0.05) is 30.4 Å². The first-order valence-corrected chi connectivity index (χ1v) is 4.49. The van der Waals surface area contributed by atoms with Gasteiger partial charge in [-0.05, 0) is 11.6 Å². The minimum Gasteiger partial charge on any atom is -0.480 e. The number of rotatable bonds is 2. The van der Waals surface area contributed by atoms with Gasteiger partial charge < -0.3 is 10.0 Å². The Bertz CT molecular complexity index is 390. The van der Waals surface area contributed by atoms with Crippen LogP contribution in [0, 0.1) is 0 Å². The molecule has 0 saturated heterocycles. The van der Waals surface area contributed by atoms with Crippen LogP contribution < -0.4 is 4.90 Å². The maximum atomic E-state index is 10.6. The van der Waals surface area contributed by atoms with E-state index in [0.29, 0.717) is 6.54 Å². The molecule has 2 rings (SSSR count). The van der Waals surface area contributed by atoms with Crippen molar-refractivity contribution in [2.75, 3.05) is 18.0 Å². The van der Waals surface area contributed by atoms with Gasteiger partial charge in [0.25, 0.3) is 0 Å². The van der Waals surface area contributed by atoms with E-state index in [1.165, 1.54) is 0 Å². The molecule has 1 aromatic carbocycles. The van der Waals surface area contributed by atoms with Crippen molar-refractivity contribution in [2.24, 2.45) is 0 Å². The number of aliphatic carboxylic acids is 1. The molecule has 1 N–H and O–H groups in total. The molecule has 1 aliphatic rings. The lowest BCUT2D eigenvalue weighted by Gasteiger charge is -2.26. The predicted molar refractivity (Wildman–Crippen MR) is 62.6 cm³/mol. The third-order valence-electron chi connectivity index (χ3n) is 2.23. The molecular weight excluding hydrogens is 214 g/mol. The lowest BCUT2D eigenvalue weighted by atomic mass is 10.1. The van der Waals surface area contributed by atoms with Crippen molar-refractivity contribution in [3.63, 3.8) is 0 Å². The molecular formula is C11H12ClNO2. The molecule has 3 nitrogen and oxygen atoms in total. The van der Waals surface area contributed by atoms with Crippen LogP contribution in [0.5, 0.6) is 0 Å². The zero-order valence-electron chi connectivity index (χ0n) is 8.09. The van der Waals surface area contributed by atoms with E-state index in [2.05, 4.69) is 0 Å². The first-order valence-electron chi connectivity index (χ1n) is 4.49. The fourth-order valence-corrected chi connectivity index (χ4v) is 1.63. The molecule has 0 amide bonds. The van der Waals surface area contributed by atoms with Crippen LogP contribution in [0.2, 0.25) is 0 Å². The minimum absolute atomic E-state index is 0. The van der Waals surface area contributed by atoms with Gasteiger partial charge in [0.1, 0.15) is 6.54 Å². The van der Waals surface area contributed by atoms with Gasteiger partial charge in [0, 0.05) is 12.2 Å². The largest absolute Gasteiger partial charge is 0.480 e. The van der Waals surface area contributed by atoms with Gasteiger partial charge in [0.2, 0.25) is 0 Å². The summed E-state index contributed by atoms with van der Waals surface area (Å²) in [5.41, 5.74) is 2.08. The van der Waals surface area contributed by atoms with Gasteiger partial charge in [0.05, 0.1) is 0 Å². The van der Waals surface area contributed by atoms with Crippen LogP contribution in [-0.2, 0) is 4.79 Å². The Kier molecular flexibility index (Phi) is 3.74. The summed E-state index contributed by atoms with van der Waals surface area (Å²) >= 11 is 0. The average Bonchev–Trinajstić information content (AvgIpc) is 2.18. The van der Waals surface area contributed by atoms with Crippen LogP contribution >= 0.6 is 12.4 Å². The zero-order valence-corrected chi connectivity index (χ0v) is 8.91. The summed E-state index contributed by atoms with van der Waals surface area (Å²) in [6, 6.07) is 7.81. The minimum atomic E-state index is -0.796. The summed E-state index contributed by atoms with van der Waals surface area (Å²) < 4.78 is 0. The van der Waals surface area contributed by atoms with Crippen LogP contribution in [0.1, 0.15) is 5.56 Å². The highest BCUT2D eigenvalue weighted by Gasteiger charge is 2.14. The van der Waals surface area contributed by atoms with Crippen LogP contribution in [0.15, 0.2) is 30.3 Å². The third-order valence-corrected chi connectivity index (χ3v) is 2.23. The van der Waals surface area contributed by atoms with Crippen molar-refractivity contribution in [3.8, 4) is 0 Å². The van der Waals surface area contributed by atoms with Crippen molar-refractivity contribution in [1.82, 2.24) is 0 Å². The normalized spacial score (nSPS) is 12.9. The first-order chi connectivity index (χ1) is 6.77. The number of nitrogens with zero attached hydrogens (tertiary/aromatic N) is 1. The van der Waals surface area contributed by atoms with Gasteiger partial charge in [-0.25, -0.2) is 0 Å². The SMILES string of the molecule is Cl.O=C(O)CN1CC=Cc2ccccc21. The molecule has 0 fully saturated rings. The smallest absolute Gasteiger partial charge is 0.323 e.